The second-order valence-electron chi connectivity index (χ2n) is 7.57. The molecule has 4 rings (SSSR count). The van der Waals surface area contributed by atoms with E-state index < -0.39 is 0 Å². The van der Waals surface area contributed by atoms with Gasteiger partial charge >= 0.3 is 0 Å². The molecule has 1 aliphatic carbocycles. The number of benzene rings is 1. The average molecular weight is 371 g/mol. The molecule has 0 spiro atoms. The SMILES string of the molecule is O=C(c1cn(C2CCCCC2)nn1)N1CCN(Cc2cccc(F)c2)CC1. The molecule has 1 aliphatic heterocycles. The minimum atomic E-state index is -0.206. The van der Waals surface area contributed by atoms with E-state index in [1.807, 2.05) is 21.8 Å². The second-order valence-corrected chi connectivity index (χ2v) is 7.57. The van der Waals surface area contributed by atoms with E-state index in [4.69, 9.17) is 0 Å². The van der Waals surface area contributed by atoms with Gasteiger partial charge in [0.15, 0.2) is 5.69 Å². The van der Waals surface area contributed by atoms with E-state index in [0.717, 1.165) is 31.5 Å². The Labute approximate surface area is 158 Å². The number of aromatic nitrogens is 3. The van der Waals surface area contributed by atoms with Gasteiger partial charge in [-0.2, -0.15) is 0 Å². The fourth-order valence-corrected chi connectivity index (χ4v) is 4.06. The molecule has 1 aromatic carbocycles. The number of hydrogen-bond acceptors (Lipinski definition) is 4. The van der Waals surface area contributed by atoms with E-state index in [-0.39, 0.29) is 11.7 Å². The summed E-state index contributed by atoms with van der Waals surface area (Å²) in [5, 5.41) is 8.34. The van der Waals surface area contributed by atoms with Gasteiger partial charge in [-0.05, 0) is 30.5 Å². The molecule has 1 aromatic heterocycles. The quantitative estimate of drug-likeness (QED) is 0.829. The van der Waals surface area contributed by atoms with E-state index in [1.165, 1.54) is 25.3 Å². The smallest absolute Gasteiger partial charge is 0.276 e. The van der Waals surface area contributed by atoms with E-state index >= 15 is 0 Å². The predicted molar refractivity (Wildman–Crippen MR) is 99.7 cm³/mol. The van der Waals surface area contributed by atoms with Crippen molar-refractivity contribution in [2.75, 3.05) is 26.2 Å². The molecule has 0 atom stereocenters. The zero-order valence-electron chi connectivity index (χ0n) is 15.6. The van der Waals surface area contributed by atoms with Crippen molar-refractivity contribution in [3.8, 4) is 0 Å². The van der Waals surface area contributed by atoms with Gasteiger partial charge in [-0.25, -0.2) is 9.07 Å². The molecule has 1 saturated heterocycles. The number of piperazine rings is 1. The van der Waals surface area contributed by atoms with Gasteiger partial charge in [0.2, 0.25) is 0 Å². The van der Waals surface area contributed by atoms with E-state index in [0.29, 0.717) is 31.4 Å². The van der Waals surface area contributed by atoms with Gasteiger partial charge in [-0.15, -0.1) is 5.10 Å². The molecule has 27 heavy (non-hydrogen) atoms. The van der Waals surface area contributed by atoms with Crippen LogP contribution in [0.5, 0.6) is 0 Å². The van der Waals surface area contributed by atoms with Crippen LogP contribution in [0.1, 0.15) is 54.2 Å². The summed E-state index contributed by atoms with van der Waals surface area (Å²) >= 11 is 0. The molecule has 7 heteroatoms. The van der Waals surface area contributed by atoms with Crippen molar-refractivity contribution in [1.82, 2.24) is 24.8 Å². The molecule has 6 nitrogen and oxygen atoms in total. The number of amides is 1. The Morgan fingerprint density at radius 3 is 2.63 bits per heavy atom. The van der Waals surface area contributed by atoms with Crippen LogP contribution in [0.4, 0.5) is 4.39 Å². The summed E-state index contributed by atoms with van der Waals surface area (Å²) in [5.74, 6) is -0.246. The van der Waals surface area contributed by atoms with Crippen molar-refractivity contribution in [3.05, 3.63) is 47.5 Å². The van der Waals surface area contributed by atoms with Gasteiger partial charge in [0, 0.05) is 32.7 Å². The van der Waals surface area contributed by atoms with Crippen LogP contribution in [0.2, 0.25) is 0 Å². The van der Waals surface area contributed by atoms with Crippen molar-refractivity contribution in [2.24, 2.45) is 0 Å². The van der Waals surface area contributed by atoms with Gasteiger partial charge < -0.3 is 4.90 Å². The molecule has 1 saturated carbocycles. The van der Waals surface area contributed by atoms with Gasteiger partial charge in [0.05, 0.1) is 12.2 Å². The third-order valence-corrected chi connectivity index (χ3v) is 5.63. The standard InChI is InChI=1S/C20H26FN5O/c21-17-6-4-5-16(13-17)14-24-9-11-25(12-10-24)20(27)19-15-26(23-22-19)18-7-2-1-3-8-18/h4-6,13,15,18H,1-3,7-12,14H2. The lowest BCUT2D eigenvalue weighted by molar-refractivity contribution is 0.0622. The lowest BCUT2D eigenvalue weighted by Crippen LogP contribution is -2.48. The summed E-state index contributed by atoms with van der Waals surface area (Å²) < 4.78 is 15.2. The zero-order chi connectivity index (χ0) is 18.6. The second kappa shape index (κ2) is 8.17. The molecule has 2 aliphatic rings. The average Bonchev–Trinajstić information content (AvgIpc) is 3.19. The van der Waals surface area contributed by atoms with E-state index in [1.54, 1.807) is 12.1 Å². The Morgan fingerprint density at radius 1 is 1.11 bits per heavy atom. The van der Waals surface area contributed by atoms with Crippen LogP contribution < -0.4 is 0 Å². The molecule has 0 N–H and O–H groups in total. The summed E-state index contributed by atoms with van der Waals surface area (Å²) in [6.07, 6.45) is 7.79. The molecule has 0 bridgehead atoms. The Hall–Kier alpha value is -2.28. The minimum Gasteiger partial charge on any atom is -0.335 e. The Bertz CT molecular complexity index is 778. The lowest BCUT2D eigenvalue weighted by Gasteiger charge is -2.34. The van der Waals surface area contributed by atoms with Crippen LogP contribution in [0.3, 0.4) is 0 Å². The van der Waals surface area contributed by atoms with Crippen molar-refractivity contribution in [3.63, 3.8) is 0 Å². The number of hydrogen-bond donors (Lipinski definition) is 0. The summed E-state index contributed by atoms with van der Waals surface area (Å²) in [5.41, 5.74) is 1.41. The fourth-order valence-electron chi connectivity index (χ4n) is 4.06. The molecule has 2 heterocycles. The van der Waals surface area contributed by atoms with Gasteiger partial charge in [0.1, 0.15) is 5.82 Å². The normalized spacial score (nSPS) is 19.4. The molecule has 1 amide bonds. The van der Waals surface area contributed by atoms with Crippen molar-refractivity contribution in [1.29, 1.82) is 0 Å². The van der Waals surface area contributed by atoms with Crippen molar-refractivity contribution < 1.29 is 9.18 Å². The highest BCUT2D eigenvalue weighted by Crippen LogP contribution is 2.27. The molecule has 0 radical (unpaired) electrons. The largest absolute Gasteiger partial charge is 0.335 e. The first-order valence-electron chi connectivity index (χ1n) is 9.87. The molecule has 0 unspecified atom stereocenters. The van der Waals surface area contributed by atoms with E-state index in [9.17, 15) is 9.18 Å². The maximum Gasteiger partial charge on any atom is 0.276 e. The topological polar surface area (TPSA) is 54.3 Å². The molecular formula is C20H26FN5O. The molecule has 2 fully saturated rings. The van der Waals surface area contributed by atoms with Crippen LogP contribution in [0.15, 0.2) is 30.5 Å². The van der Waals surface area contributed by atoms with Crippen LogP contribution >= 0.6 is 0 Å². The number of halogens is 1. The Morgan fingerprint density at radius 2 is 1.89 bits per heavy atom. The first-order chi connectivity index (χ1) is 13.2. The highest BCUT2D eigenvalue weighted by Gasteiger charge is 2.25. The number of rotatable bonds is 4. The van der Waals surface area contributed by atoms with Crippen LogP contribution in [-0.2, 0) is 6.54 Å². The summed E-state index contributed by atoms with van der Waals surface area (Å²) in [6.45, 7) is 3.57. The fraction of sp³-hybridized carbons (Fsp3) is 0.550. The maximum atomic E-state index is 13.3. The summed E-state index contributed by atoms with van der Waals surface area (Å²) in [6, 6.07) is 7.09. The molecule has 2 aromatic rings. The molecular weight excluding hydrogens is 345 g/mol. The Kier molecular flexibility index (Phi) is 5.48. The van der Waals surface area contributed by atoms with Gasteiger partial charge in [-0.3, -0.25) is 9.69 Å². The van der Waals surface area contributed by atoms with Crippen LogP contribution in [-0.4, -0.2) is 56.9 Å². The first-order valence-corrected chi connectivity index (χ1v) is 9.87. The third kappa shape index (κ3) is 4.35. The predicted octanol–water partition coefficient (Wildman–Crippen LogP) is 2.88. The summed E-state index contributed by atoms with van der Waals surface area (Å²) in [7, 11) is 0. The monoisotopic (exact) mass is 371 g/mol. The zero-order valence-corrected chi connectivity index (χ0v) is 15.6. The minimum absolute atomic E-state index is 0.0394. The highest BCUT2D eigenvalue weighted by molar-refractivity contribution is 5.92. The van der Waals surface area contributed by atoms with E-state index in [2.05, 4.69) is 15.2 Å². The number of carbonyl (C=O) groups excluding carboxylic acids is 1. The highest BCUT2D eigenvalue weighted by atomic mass is 19.1. The lowest BCUT2D eigenvalue weighted by atomic mass is 9.96. The van der Waals surface area contributed by atoms with Crippen LogP contribution in [0, 0.1) is 5.82 Å². The number of nitrogens with zero attached hydrogens (tertiary/aromatic N) is 5. The van der Waals surface area contributed by atoms with Crippen molar-refractivity contribution >= 4 is 5.91 Å². The number of carbonyl (C=O) groups is 1. The van der Waals surface area contributed by atoms with Gasteiger partial charge in [-0.1, -0.05) is 36.6 Å². The third-order valence-electron chi connectivity index (χ3n) is 5.63. The maximum absolute atomic E-state index is 13.3. The molecule has 144 valence electrons. The van der Waals surface area contributed by atoms with Gasteiger partial charge in [0.25, 0.3) is 5.91 Å². The summed E-state index contributed by atoms with van der Waals surface area (Å²) in [4.78, 5) is 16.8. The first kappa shape index (κ1) is 18.1. The Balaban J connectivity index is 1.31. The van der Waals surface area contributed by atoms with Crippen LogP contribution in [0.25, 0.3) is 0 Å². The van der Waals surface area contributed by atoms with Crippen molar-refractivity contribution in [2.45, 2.75) is 44.7 Å².